The second kappa shape index (κ2) is 10.5. The van der Waals surface area contributed by atoms with Crippen LogP contribution in [0.25, 0.3) is 10.9 Å². The number of benzene rings is 1. The van der Waals surface area contributed by atoms with Crippen LogP contribution in [0.3, 0.4) is 0 Å². The van der Waals surface area contributed by atoms with Crippen LogP contribution in [0.5, 0.6) is 11.5 Å². The Morgan fingerprint density at radius 3 is 2.69 bits per heavy atom. The molecule has 3 heterocycles. The lowest BCUT2D eigenvalue weighted by Crippen LogP contribution is -2.46. The smallest absolute Gasteiger partial charge is 0.253 e. The molecule has 1 aromatic carbocycles. The van der Waals surface area contributed by atoms with Crippen molar-refractivity contribution in [2.45, 2.75) is 39.3 Å². The Morgan fingerprint density at radius 2 is 1.97 bits per heavy atom. The summed E-state index contributed by atoms with van der Waals surface area (Å²) in [7, 11) is 0. The zero-order chi connectivity index (χ0) is 22.5. The molecule has 1 atom stereocenters. The lowest BCUT2D eigenvalue weighted by atomic mass is 10.1. The summed E-state index contributed by atoms with van der Waals surface area (Å²) < 4.78 is 16.6. The van der Waals surface area contributed by atoms with E-state index in [1.807, 2.05) is 18.2 Å². The van der Waals surface area contributed by atoms with Crippen molar-refractivity contribution in [2.75, 3.05) is 46.1 Å². The topological polar surface area (TPSA) is 79.1 Å². The zero-order valence-corrected chi connectivity index (χ0v) is 19.6. The molecule has 1 saturated heterocycles. The number of rotatable bonds is 9. The molecule has 2 aliphatic rings. The maximum absolute atomic E-state index is 12.9. The van der Waals surface area contributed by atoms with Gasteiger partial charge >= 0.3 is 0 Å². The highest BCUT2D eigenvalue weighted by Gasteiger charge is 2.20. The molecular weight excluding hydrogens is 428 g/mol. The van der Waals surface area contributed by atoms with Gasteiger partial charge in [-0.1, -0.05) is 13.8 Å². The molecule has 1 fully saturated rings. The first-order valence-electron chi connectivity index (χ1n) is 11.4. The van der Waals surface area contributed by atoms with Crippen LogP contribution in [0.4, 0.5) is 0 Å². The summed E-state index contributed by atoms with van der Waals surface area (Å²) in [5.74, 6) is 1.35. The number of H-pyrrole nitrogens is 1. The van der Waals surface area contributed by atoms with E-state index < -0.39 is 0 Å². The van der Waals surface area contributed by atoms with Gasteiger partial charge in [-0.25, -0.2) is 0 Å². The number of fused-ring (bicyclic) bond motifs is 2. The van der Waals surface area contributed by atoms with Gasteiger partial charge in [0, 0.05) is 43.3 Å². The summed E-state index contributed by atoms with van der Waals surface area (Å²) in [5.41, 5.74) is 1.28. The zero-order valence-electron chi connectivity index (χ0n) is 18.8. The van der Waals surface area contributed by atoms with Crippen molar-refractivity contribution in [1.82, 2.24) is 20.1 Å². The second-order valence-electron chi connectivity index (χ2n) is 8.19. The van der Waals surface area contributed by atoms with E-state index in [4.69, 9.17) is 26.4 Å². The van der Waals surface area contributed by atoms with Crippen LogP contribution < -0.4 is 20.3 Å². The van der Waals surface area contributed by atoms with Gasteiger partial charge in [-0.15, -0.1) is 0 Å². The number of aromatic nitrogens is 1. The van der Waals surface area contributed by atoms with Crippen LogP contribution >= 0.6 is 12.2 Å². The molecule has 4 rings (SSSR count). The molecule has 0 bridgehead atoms. The molecule has 0 amide bonds. The standard InChI is InChI=1S/C23H32N4O4S/c1-3-26(4-2)7-8-27(23(32)24-13-18-6-5-9-29-18)14-17-10-16-11-20-21(31-15-30-20)12-19(16)25-22(17)28/h10-12,18H,3-9,13-15H2,1-2H3,(H,24,32)(H,25,28)/t18-/m1/s1. The Kier molecular flexibility index (Phi) is 7.49. The predicted octanol–water partition coefficient (Wildman–Crippen LogP) is 2.45. The summed E-state index contributed by atoms with van der Waals surface area (Å²) in [6.07, 6.45) is 2.34. The van der Waals surface area contributed by atoms with E-state index in [1.165, 1.54) is 0 Å². The second-order valence-corrected chi connectivity index (χ2v) is 8.57. The Hall–Kier alpha value is -2.36. The maximum Gasteiger partial charge on any atom is 0.253 e. The fourth-order valence-corrected chi connectivity index (χ4v) is 4.38. The maximum atomic E-state index is 12.9. The van der Waals surface area contributed by atoms with E-state index in [1.54, 1.807) is 0 Å². The van der Waals surface area contributed by atoms with Crippen molar-refractivity contribution in [3.8, 4) is 11.5 Å². The van der Waals surface area contributed by atoms with Crippen molar-refractivity contribution in [3.63, 3.8) is 0 Å². The van der Waals surface area contributed by atoms with Gasteiger partial charge in [0.15, 0.2) is 16.6 Å². The molecule has 1 aromatic heterocycles. The number of aromatic amines is 1. The normalized spacial score (nSPS) is 17.3. The fourth-order valence-electron chi connectivity index (χ4n) is 4.14. The number of likely N-dealkylation sites (N-methyl/N-ethyl adjacent to an activating group) is 1. The number of hydrogen-bond donors (Lipinski definition) is 2. The van der Waals surface area contributed by atoms with E-state index in [0.717, 1.165) is 56.5 Å². The van der Waals surface area contributed by atoms with Gasteiger partial charge in [-0.3, -0.25) is 4.79 Å². The van der Waals surface area contributed by atoms with E-state index in [0.29, 0.717) is 35.3 Å². The van der Waals surface area contributed by atoms with Gasteiger partial charge in [0.25, 0.3) is 5.56 Å². The van der Waals surface area contributed by atoms with Crippen LogP contribution in [0.1, 0.15) is 32.3 Å². The molecule has 8 nitrogen and oxygen atoms in total. The molecule has 0 unspecified atom stereocenters. The minimum atomic E-state index is -0.119. The highest BCUT2D eigenvalue weighted by molar-refractivity contribution is 7.80. The largest absolute Gasteiger partial charge is 0.454 e. The fraction of sp³-hybridized carbons (Fsp3) is 0.565. The number of thiocarbonyl (C=S) groups is 1. The third-order valence-electron chi connectivity index (χ3n) is 6.15. The summed E-state index contributed by atoms with van der Waals surface area (Å²) in [6.45, 7) is 10.0. The number of nitrogens with zero attached hydrogens (tertiary/aromatic N) is 2. The van der Waals surface area contributed by atoms with Crippen molar-refractivity contribution >= 4 is 28.2 Å². The average Bonchev–Trinajstić information content (AvgIpc) is 3.47. The van der Waals surface area contributed by atoms with Gasteiger partial charge in [0.05, 0.1) is 18.2 Å². The highest BCUT2D eigenvalue weighted by Crippen LogP contribution is 2.35. The number of ether oxygens (including phenoxy) is 3. The van der Waals surface area contributed by atoms with Crippen LogP contribution in [0.2, 0.25) is 0 Å². The van der Waals surface area contributed by atoms with Crippen LogP contribution in [-0.2, 0) is 11.3 Å². The average molecular weight is 461 g/mol. The Bertz CT molecular complexity index is 1000. The molecule has 2 N–H and O–H groups in total. The lowest BCUT2D eigenvalue weighted by molar-refractivity contribution is 0.113. The quantitative estimate of drug-likeness (QED) is 0.553. The Balaban J connectivity index is 1.52. The van der Waals surface area contributed by atoms with Crippen molar-refractivity contribution in [3.05, 3.63) is 34.1 Å². The first kappa shape index (κ1) is 22.8. The number of hydrogen-bond acceptors (Lipinski definition) is 6. The van der Waals surface area contributed by atoms with Crippen molar-refractivity contribution < 1.29 is 14.2 Å². The Morgan fingerprint density at radius 1 is 1.19 bits per heavy atom. The van der Waals surface area contributed by atoms with Gasteiger partial charge in [-0.2, -0.15) is 0 Å². The lowest BCUT2D eigenvalue weighted by Gasteiger charge is -2.29. The minimum absolute atomic E-state index is 0.119. The molecule has 0 aliphatic carbocycles. The highest BCUT2D eigenvalue weighted by atomic mass is 32.1. The molecule has 0 spiro atoms. The molecular formula is C23H32N4O4S. The third kappa shape index (κ3) is 5.33. The van der Waals surface area contributed by atoms with Gasteiger partial charge in [0.1, 0.15) is 0 Å². The molecule has 2 aromatic rings. The summed E-state index contributed by atoms with van der Waals surface area (Å²) >= 11 is 5.73. The van der Waals surface area contributed by atoms with Crippen LogP contribution in [-0.4, -0.2) is 72.1 Å². The third-order valence-corrected chi connectivity index (χ3v) is 6.55. The molecule has 0 saturated carbocycles. The molecule has 32 heavy (non-hydrogen) atoms. The van der Waals surface area contributed by atoms with Crippen molar-refractivity contribution in [2.24, 2.45) is 0 Å². The molecule has 9 heteroatoms. The monoisotopic (exact) mass is 460 g/mol. The summed E-state index contributed by atoms with van der Waals surface area (Å²) in [5, 5.41) is 4.92. The summed E-state index contributed by atoms with van der Waals surface area (Å²) in [6, 6.07) is 5.64. The predicted molar refractivity (Wildman–Crippen MR) is 128 cm³/mol. The van der Waals surface area contributed by atoms with E-state index in [-0.39, 0.29) is 18.5 Å². The van der Waals surface area contributed by atoms with Gasteiger partial charge in [-0.05, 0) is 50.3 Å². The van der Waals surface area contributed by atoms with E-state index in [9.17, 15) is 4.79 Å². The Labute approximate surface area is 193 Å². The molecule has 0 radical (unpaired) electrons. The number of nitrogens with one attached hydrogen (secondary N) is 2. The minimum Gasteiger partial charge on any atom is -0.454 e. The van der Waals surface area contributed by atoms with Crippen LogP contribution in [0, 0.1) is 0 Å². The van der Waals surface area contributed by atoms with E-state index >= 15 is 0 Å². The first-order valence-corrected chi connectivity index (χ1v) is 11.8. The summed E-state index contributed by atoms with van der Waals surface area (Å²) in [4.78, 5) is 20.3. The van der Waals surface area contributed by atoms with Crippen molar-refractivity contribution in [1.29, 1.82) is 0 Å². The molecule has 2 aliphatic heterocycles. The first-order chi connectivity index (χ1) is 15.6. The SMILES string of the molecule is CCN(CC)CCN(Cc1cc2cc3c(cc2[nH]c1=O)OCO3)C(=S)NC[C@H]1CCCO1. The van der Waals surface area contributed by atoms with E-state index in [2.05, 4.69) is 33.9 Å². The number of pyridine rings is 1. The van der Waals surface area contributed by atoms with Crippen LogP contribution in [0.15, 0.2) is 23.0 Å². The molecule has 174 valence electrons. The van der Waals surface area contributed by atoms with Gasteiger partial charge in [0.2, 0.25) is 6.79 Å². The van der Waals surface area contributed by atoms with Gasteiger partial charge < -0.3 is 34.3 Å².